The fourth-order valence-electron chi connectivity index (χ4n) is 2.41. The lowest BCUT2D eigenvalue weighted by molar-refractivity contribution is 0.0955. The first-order valence-corrected chi connectivity index (χ1v) is 9.82. The Kier molecular flexibility index (Phi) is 7.09. The third-order valence-corrected chi connectivity index (χ3v) is 4.71. The van der Waals surface area contributed by atoms with Crippen molar-refractivity contribution >= 4 is 51.3 Å². The SMILES string of the molecule is O=C(N/N=C\c1cc(Cl)cc(Cl)c1OCc1ccccc1)c1cccc(Br)c1. The summed E-state index contributed by atoms with van der Waals surface area (Å²) in [6, 6.07) is 20.0. The van der Waals surface area contributed by atoms with E-state index in [1.54, 1.807) is 30.3 Å². The van der Waals surface area contributed by atoms with Crippen LogP contribution in [-0.4, -0.2) is 12.1 Å². The van der Waals surface area contributed by atoms with Crippen LogP contribution in [-0.2, 0) is 6.61 Å². The number of hydrogen-bond acceptors (Lipinski definition) is 3. The maximum atomic E-state index is 12.2. The van der Waals surface area contributed by atoms with E-state index in [9.17, 15) is 4.79 Å². The summed E-state index contributed by atoms with van der Waals surface area (Å²) in [6.45, 7) is 0.341. The van der Waals surface area contributed by atoms with Crippen molar-refractivity contribution in [2.75, 3.05) is 0 Å². The van der Waals surface area contributed by atoms with Crippen LogP contribution < -0.4 is 10.2 Å². The molecule has 0 aliphatic rings. The first-order valence-electron chi connectivity index (χ1n) is 8.27. The summed E-state index contributed by atoms with van der Waals surface area (Å²) in [6.07, 6.45) is 1.45. The Morgan fingerprint density at radius 1 is 1.07 bits per heavy atom. The highest BCUT2D eigenvalue weighted by Gasteiger charge is 2.11. The number of carbonyl (C=O) groups is 1. The van der Waals surface area contributed by atoms with Crippen LogP contribution in [0.15, 0.2) is 76.3 Å². The number of nitrogens with one attached hydrogen (secondary N) is 1. The van der Waals surface area contributed by atoms with E-state index in [0.29, 0.717) is 33.5 Å². The lowest BCUT2D eigenvalue weighted by Gasteiger charge is -2.11. The molecule has 0 unspecified atom stereocenters. The molecule has 0 aliphatic heterocycles. The minimum Gasteiger partial charge on any atom is -0.487 e. The molecule has 1 amide bonds. The first kappa shape index (κ1) is 20.4. The van der Waals surface area contributed by atoms with Crippen LogP contribution in [0.2, 0.25) is 10.0 Å². The summed E-state index contributed by atoms with van der Waals surface area (Å²) >= 11 is 15.7. The highest BCUT2D eigenvalue weighted by molar-refractivity contribution is 9.10. The molecule has 142 valence electrons. The maximum Gasteiger partial charge on any atom is 0.271 e. The molecule has 3 aromatic carbocycles. The van der Waals surface area contributed by atoms with Gasteiger partial charge in [-0.2, -0.15) is 5.10 Å². The second kappa shape index (κ2) is 9.73. The van der Waals surface area contributed by atoms with Crippen molar-refractivity contribution in [3.05, 3.63) is 97.9 Å². The van der Waals surface area contributed by atoms with E-state index in [4.69, 9.17) is 27.9 Å². The van der Waals surface area contributed by atoms with Gasteiger partial charge in [-0.15, -0.1) is 0 Å². The molecule has 0 bridgehead atoms. The molecule has 0 fully saturated rings. The molecule has 28 heavy (non-hydrogen) atoms. The number of amides is 1. The van der Waals surface area contributed by atoms with E-state index < -0.39 is 0 Å². The minimum atomic E-state index is -0.336. The number of halogens is 3. The third kappa shape index (κ3) is 5.58. The number of ether oxygens (including phenoxy) is 1. The van der Waals surface area contributed by atoms with E-state index in [2.05, 4.69) is 26.5 Å². The molecular weight excluding hydrogens is 463 g/mol. The Labute approximate surface area is 181 Å². The number of hydrazone groups is 1. The van der Waals surface area contributed by atoms with E-state index in [1.165, 1.54) is 6.21 Å². The smallest absolute Gasteiger partial charge is 0.271 e. The minimum absolute atomic E-state index is 0.336. The Hall–Kier alpha value is -2.34. The van der Waals surface area contributed by atoms with Gasteiger partial charge in [-0.1, -0.05) is 75.5 Å². The predicted octanol–water partition coefficient (Wildman–Crippen LogP) is 6.10. The summed E-state index contributed by atoms with van der Waals surface area (Å²) in [7, 11) is 0. The molecule has 3 rings (SSSR count). The molecule has 0 heterocycles. The van der Waals surface area contributed by atoms with Gasteiger partial charge in [-0.25, -0.2) is 5.43 Å². The zero-order chi connectivity index (χ0) is 19.9. The number of benzene rings is 3. The molecule has 0 radical (unpaired) electrons. The standard InChI is InChI=1S/C21H15BrCl2N2O2/c22-17-8-4-7-15(9-17)21(27)26-25-12-16-10-18(23)11-19(24)20(16)28-13-14-5-2-1-3-6-14/h1-12H,13H2,(H,26,27)/b25-12-. The fourth-order valence-corrected chi connectivity index (χ4v) is 3.38. The molecule has 0 aliphatic carbocycles. The van der Waals surface area contributed by atoms with Gasteiger partial charge in [0, 0.05) is 20.6 Å². The average molecular weight is 478 g/mol. The van der Waals surface area contributed by atoms with Crippen LogP contribution in [0.25, 0.3) is 0 Å². The molecule has 4 nitrogen and oxygen atoms in total. The first-order chi connectivity index (χ1) is 13.5. The second-order valence-electron chi connectivity index (χ2n) is 5.79. The Balaban J connectivity index is 1.75. The lowest BCUT2D eigenvalue weighted by Crippen LogP contribution is -2.17. The van der Waals surface area contributed by atoms with Crippen molar-refractivity contribution in [1.82, 2.24) is 5.43 Å². The van der Waals surface area contributed by atoms with Gasteiger partial charge in [0.1, 0.15) is 12.4 Å². The normalized spacial score (nSPS) is 10.8. The van der Waals surface area contributed by atoms with E-state index in [1.807, 2.05) is 36.4 Å². The zero-order valence-corrected chi connectivity index (χ0v) is 17.6. The van der Waals surface area contributed by atoms with Crippen LogP contribution in [0.4, 0.5) is 0 Å². The summed E-state index contributed by atoms with van der Waals surface area (Å²) in [5, 5.41) is 4.81. The van der Waals surface area contributed by atoms with Crippen LogP contribution >= 0.6 is 39.1 Å². The summed E-state index contributed by atoms with van der Waals surface area (Å²) < 4.78 is 6.67. The van der Waals surface area contributed by atoms with Gasteiger partial charge in [0.25, 0.3) is 5.91 Å². The molecule has 0 atom stereocenters. The van der Waals surface area contributed by atoms with E-state index in [-0.39, 0.29) is 5.91 Å². The molecule has 0 saturated carbocycles. The molecule has 7 heteroatoms. The van der Waals surface area contributed by atoms with Gasteiger partial charge in [0.05, 0.1) is 11.2 Å². The van der Waals surface area contributed by atoms with Crippen LogP contribution in [0.3, 0.4) is 0 Å². The number of hydrogen-bond donors (Lipinski definition) is 1. The van der Waals surface area contributed by atoms with Gasteiger partial charge in [-0.05, 0) is 35.9 Å². The summed E-state index contributed by atoms with van der Waals surface area (Å²) in [5.74, 6) is 0.104. The molecule has 1 N–H and O–H groups in total. The van der Waals surface area contributed by atoms with Crippen molar-refractivity contribution in [2.45, 2.75) is 6.61 Å². The molecule has 0 spiro atoms. The van der Waals surface area contributed by atoms with Crippen molar-refractivity contribution in [1.29, 1.82) is 0 Å². The topological polar surface area (TPSA) is 50.7 Å². The molecule has 3 aromatic rings. The lowest BCUT2D eigenvalue weighted by atomic mass is 10.2. The zero-order valence-electron chi connectivity index (χ0n) is 14.5. The van der Waals surface area contributed by atoms with E-state index in [0.717, 1.165) is 10.0 Å². The van der Waals surface area contributed by atoms with Crippen molar-refractivity contribution in [3.63, 3.8) is 0 Å². The van der Waals surface area contributed by atoms with Gasteiger partial charge in [0.15, 0.2) is 0 Å². The monoisotopic (exact) mass is 476 g/mol. The maximum absolute atomic E-state index is 12.2. The molecular formula is C21H15BrCl2N2O2. The van der Waals surface area contributed by atoms with Gasteiger partial charge in [-0.3, -0.25) is 4.79 Å². The van der Waals surface area contributed by atoms with Crippen LogP contribution in [0, 0.1) is 0 Å². The van der Waals surface area contributed by atoms with Gasteiger partial charge in [0.2, 0.25) is 0 Å². The predicted molar refractivity (Wildman–Crippen MR) is 116 cm³/mol. The molecule has 0 aromatic heterocycles. The molecule has 0 saturated heterocycles. The highest BCUT2D eigenvalue weighted by atomic mass is 79.9. The Morgan fingerprint density at radius 3 is 2.61 bits per heavy atom. The average Bonchev–Trinajstić information content (AvgIpc) is 2.68. The summed E-state index contributed by atoms with van der Waals surface area (Å²) in [5.41, 5.74) is 4.52. The largest absolute Gasteiger partial charge is 0.487 e. The number of rotatable bonds is 6. The third-order valence-electron chi connectivity index (χ3n) is 3.72. The quantitative estimate of drug-likeness (QED) is 0.344. The Morgan fingerprint density at radius 2 is 1.86 bits per heavy atom. The number of carbonyl (C=O) groups excluding carboxylic acids is 1. The fraction of sp³-hybridized carbons (Fsp3) is 0.0476. The second-order valence-corrected chi connectivity index (χ2v) is 7.55. The van der Waals surface area contributed by atoms with Gasteiger partial charge >= 0.3 is 0 Å². The Bertz CT molecular complexity index is 1010. The number of nitrogens with zero attached hydrogens (tertiary/aromatic N) is 1. The van der Waals surface area contributed by atoms with Crippen molar-refractivity contribution in [2.24, 2.45) is 5.10 Å². The van der Waals surface area contributed by atoms with E-state index >= 15 is 0 Å². The van der Waals surface area contributed by atoms with Crippen LogP contribution in [0.1, 0.15) is 21.5 Å². The summed E-state index contributed by atoms with van der Waals surface area (Å²) in [4.78, 5) is 12.2. The highest BCUT2D eigenvalue weighted by Crippen LogP contribution is 2.32. The van der Waals surface area contributed by atoms with Gasteiger partial charge < -0.3 is 4.74 Å². The van der Waals surface area contributed by atoms with Crippen LogP contribution in [0.5, 0.6) is 5.75 Å². The van der Waals surface area contributed by atoms with Crippen molar-refractivity contribution in [3.8, 4) is 5.75 Å². The van der Waals surface area contributed by atoms with Crippen molar-refractivity contribution < 1.29 is 9.53 Å².